The Hall–Kier alpha value is -2.05. The zero-order valence-corrected chi connectivity index (χ0v) is 10.7. The fourth-order valence-electron chi connectivity index (χ4n) is 1.86. The van der Waals surface area contributed by atoms with Gasteiger partial charge in [-0.05, 0) is 26.0 Å². The lowest BCUT2D eigenvalue weighted by molar-refractivity contribution is 0.629. The van der Waals surface area contributed by atoms with Crippen LogP contribution in [0, 0.1) is 19.3 Å². The van der Waals surface area contributed by atoms with Crippen molar-refractivity contribution in [1.29, 1.82) is 0 Å². The van der Waals surface area contributed by atoms with Gasteiger partial charge in [0.15, 0.2) is 0 Å². The smallest absolute Gasteiger partial charge is 0.110 e. The monoisotopic (exact) mass is 239 g/mol. The van der Waals surface area contributed by atoms with Gasteiger partial charge in [0.25, 0.3) is 0 Å². The third-order valence-corrected chi connectivity index (χ3v) is 2.86. The molecule has 92 valence electrons. The molecule has 3 heteroatoms. The highest BCUT2D eigenvalue weighted by atomic mass is 15.1. The van der Waals surface area contributed by atoms with Crippen molar-refractivity contribution in [2.24, 2.45) is 0 Å². The average Bonchev–Trinajstić information content (AvgIpc) is 2.78. The summed E-state index contributed by atoms with van der Waals surface area (Å²) in [5.74, 6) is 3.64. The van der Waals surface area contributed by atoms with Gasteiger partial charge in [0.05, 0.1) is 17.9 Å². The molecule has 0 spiro atoms. The number of para-hydroxylation sites is 1. The van der Waals surface area contributed by atoms with Gasteiger partial charge in [0, 0.05) is 12.2 Å². The van der Waals surface area contributed by atoms with Crippen molar-refractivity contribution >= 4 is 0 Å². The standard InChI is InChI=1S/C15H17N3/c1-4-12(2)16-10-15-11-17-13(3)18(15)14-8-6-5-7-9-14/h1,5-9,11-12,16H,10H2,2-3H3. The fourth-order valence-corrected chi connectivity index (χ4v) is 1.86. The maximum atomic E-state index is 5.36. The van der Waals surface area contributed by atoms with Gasteiger partial charge in [-0.1, -0.05) is 24.1 Å². The van der Waals surface area contributed by atoms with E-state index in [-0.39, 0.29) is 6.04 Å². The Bertz CT molecular complexity index is 549. The minimum atomic E-state index is 0.0597. The second kappa shape index (κ2) is 5.52. The van der Waals surface area contributed by atoms with Crippen LogP contribution in [0.4, 0.5) is 0 Å². The van der Waals surface area contributed by atoms with Crippen LogP contribution in [0.25, 0.3) is 5.69 Å². The molecule has 0 aliphatic carbocycles. The number of imidazole rings is 1. The lowest BCUT2D eigenvalue weighted by Crippen LogP contribution is -2.24. The first-order valence-electron chi connectivity index (χ1n) is 6.00. The predicted octanol–water partition coefficient (Wildman–Crippen LogP) is 2.29. The van der Waals surface area contributed by atoms with Crippen LogP contribution in [0.5, 0.6) is 0 Å². The molecule has 1 N–H and O–H groups in total. The quantitative estimate of drug-likeness (QED) is 0.830. The number of aromatic nitrogens is 2. The van der Waals surface area contributed by atoms with Crippen LogP contribution in [-0.4, -0.2) is 15.6 Å². The summed E-state index contributed by atoms with van der Waals surface area (Å²) in [4.78, 5) is 4.37. The van der Waals surface area contributed by atoms with Gasteiger partial charge in [-0.25, -0.2) is 4.98 Å². The van der Waals surface area contributed by atoms with Crippen LogP contribution in [-0.2, 0) is 6.54 Å². The van der Waals surface area contributed by atoms with Crippen molar-refractivity contribution in [1.82, 2.24) is 14.9 Å². The van der Waals surface area contributed by atoms with Crippen LogP contribution in [0.3, 0.4) is 0 Å². The molecule has 18 heavy (non-hydrogen) atoms. The summed E-state index contributed by atoms with van der Waals surface area (Å²) < 4.78 is 2.14. The van der Waals surface area contributed by atoms with Gasteiger partial charge in [0.2, 0.25) is 0 Å². The van der Waals surface area contributed by atoms with E-state index in [1.165, 1.54) is 0 Å². The van der Waals surface area contributed by atoms with Crippen LogP contribution in [0.15, 0.2) is 36.5 Å². The average molecular weight is 239 g/mol. The van der Waals surface area contributed by atoms with Crippen molar-refractivity contribution in [2.75, 3.05) is 0 Å². The van der Waals surface area contributed by atoms with Crippen molar-refractivity contribution in [3.8, 4) is 18.0 Å². The first-order chi connectivity index (χ1) is 8.72. The predicted molar refractivity (Wildman–Crippen MR) is 73.4 cm³/mol. The van der Waals surface area contributed by atoms with E-state index in [4.69, 9.17) is 6.42 Å². The van der Waals surface area contributed by atoms with E-state index in [9.17, 15) is 0 Å². The maximum absolute atomic E-state index is 5.36. The molecule has 2 aromatic rings. The van der Waals surface area contributed by atoms with Gasteiger partial charge in [-0.15, -0.1) is 6.42 Å². The molecule has 0 amide bonds. The molecule has 0 aliphatic heterocycles. The van der Waals surface area contributed by atoms with Crippen LogP contribution in [0.2, 0.25) is 0 Å². The number of hydrogen-bond acceptors (Lipinski definition) is 2. The van der Waals surface area contributed by atoms with E-state index < -0.39 is 0 Å². The lowest BCUT2D eigenvalue weighted by atomic mass is 10.3. The number of nitrogens with one attached hydrogen (secondary N) is 1. The number of hydrogen-bond donors (Lipinski definition) is 1. The second-order valence-corrected chi connectivity index (χ2v) is 4.24. The molecule has 0 saturated carbocycles. The van der Waals surface area contributed by atoms with Crippen LogP contribution >= 0.6 is 0 Å². The SMILES string of the molecule is C#CC(C)NCc1cnc(C)n1-c1ccccc1. The first-order valence-corrected chi connectivity index (χ1v) is 6.00. The molecule has 0 radical (unpaired) electrons. The van der Waals surface area contributed by atoms with Crippen molar-refractivity contribution in [3.63, 3.8) is 0 Å². The van der Waals surface area contributed by atoms with Gasteiger partial charge < -0.3 is 0 Å². The summed E-state index contributed by atoms with van der Waals surface area (Å²) in [6.45, 7) is 4.68. The molecule has 1 heterocycles. The number of terminal acetylenes is 1. The molecule has 1 aromatic carbocycles. The number of aryl methyl sites for hydroxylation is 1. The van der Waals surface area contributed by atoms with Gasteiger partial charge >= 0.3 is 0 Å². The summed E-state index contributed by atoms with van der Waals surface area (Å²) in [7, 11) is 0. The Kier molecular flexibility index (Phi) is 3.81. The minimum Gasteiger partial charge on any atom is -0.300 e. The highest BCUT2D eigenvalue weighted by molar-refractivity contribution is 5.35. The number of nitrogens with zero attached hydrogens (tertiary/aromatic N) is 2. The zero-order valence-electron chi connectivity index (χ0n) is 10.7. The van der Waals surface area contributed by atoms with E-state index in [1.807, 2.05) is 38.2 Å². The summed E-state index contributed by atoms with van der Waals surface area (Å²) in [6.07, 6.45) is 7.24. The third-order valence-electron chi connectivity index (χ3n) is 2.86. The van der Waals surface area contributed by atoms with Crippen LogP contribution in [0.1, 0.15) is 18.4 Å². The largest absolute Gasteiger partial charge is 0.300 e. The Morgan fingerprint density at radius 3 is 2.78 bits per heavy atom. The van der Waals surface area contributed by atoms with Crippen molar-refractivity contribution in [2.45, 2.75) is 26.4 Å². The lowest BCUT2D eigenvalue weighted by Gasteiger charge is -2.12. The van der Waals surface area contributed by atoms with Crippen molar-refractivity contribution in [3.05, 3.63) is 48.0 Å². The normalized spacial score (nSPS) is 12.1. The number of rotatable bonds is 4. The summed E-state index contributed by atoms with van der Waals surface area (Å²) in [5, 5.41) is 3.28. The van der Waals surface area contributed by atoms with E-state index in [2.05, 4.69) is 32.9 Å². The molecule has 1 unspecified atom stereocenters. The molecule has 0 bridgehead atoms. The van der Waals surface area contributed by atoms with Gasteiger partial charge in [-0.2, -0.15) is 0 Å². The first kappa shape index (κ1) is 12.4. The van der Waals surface area contributed by atoms with Gasteiger partial charge in [-0.3, -0.25) is 9.88 Å². The van der Waals surface area contributed by atoms with E-state index in [1.54, 1.807) is 0 Å². The Morgan fingerprint density at radius 1 is 1.39 bits per heavy atom. The highest BCUT2D eigenvalue weighted by Crippen LogP contribution is 2.14. The molecule has 2 rings (SSSR count). The molecule has 0 fully saturated rings. The van der Waals surface area contributed by atoms with Crippen molar-refractivity contribution < 1.29 is 0 Å². The summed E-state index contributed by atoms with van der Waals surface area (Å²) in [6, 6.07) is 10.3. The topological polar surface area (TPSA) is 29.9 Å². The minimum absolute atomic E-state index is 0.0597. The molecule has 0 aliphatic rings. The summed E-state index contributed by atoms with van der Waals surface area (Å²) >= 11 is 0. The van der Waals surface area contributed by atoms with Crippen LogP contribution < -0.4 is 5.32 Å². The molecular formula is C15H17N3. The molecular weight excluding hydrogens is 222 g/mol. The maximum Gasteiger partial charge on any atom is 0.110 e. The second-order valence-electron chi connectivity index (χ2n) is 4.24. The summed E-state index contributed by atoms with van der Waals surface area (Å²) in [5.41, 5.74) is 2.23. The Balaban J connectivity index is 2.26. The zero-order chi connectivity index (χ0) is 13.0. The molecule has 1 atom stereocenters. The fraction of sp³-hybridized carbons (Fsp3) is 0.267. The van der Waals surface area contributed by atoms with Gasteiger partial charge in [0.1, 0.15) is 5.82 Å². The Morgan fingerprint density at radius 2 is 2.11 bits per heavy atom. The van der Waals surface area contributed by atoms with E-state index in [0.29, 0.717) is 6.54 Å². The highest BCUT2D eigenvalue weighted by Gasteiger charge is 2.08. The molecule has 1 aromatic heterocycles. The molecule has 3 nitrogen and oxygen atoms in total. The third kappa shape index (κ3) is 2.61. The van der Waals surface area contributed by atoms with E-state index >= 15 is 0 Å². The molecule has 0 saturated heterocycles. The Labute approximate surface area is 108 Å². The number of benzene rings is 1. The van der Waals surface area contributed by atoms with E-state index in [0.717, 1.165) is 17.2 Å².